The Balaban J connectivity index is 2.08. The molecule has 0 saturated carbocycles. The van der Waals surface area contributed by atoms with Gasteiger partial charge in [-0.25, -0.2) is 0 Å². The van der Waals surface area contributed by atoms with Crippen molar-refractivity contribution in [2.75, 3.05) is 0 Å². The van der Waals surface area contributed by atoms with Crippen molar-refractivity contribution < 1.29 is 14.0 Å². The second-order valence-corrected chi connectivity index (χ2v) is 3.69. The molecule has 0 N–H and O–H groups in total. The number of hydrogen-bond donors (Lipinski definition) is 0. The van der Waals surface area contributed by atoms with Crippen LogP contribution >= 0.6 is 0 Å². The van der Waals surface area contributed by atoms with Crippen LogP contribution in [0.3, 0.4) is 0 Å². The zero-order valence-corrected chi connectivity index (χ0v) is 9.42. The highest BCUT2D eigenvalue weighted by molar-refractivity contribution is 6.12. The highest BCUT2D eigenvalue weighted by Crippen LogP contribution is 2.10. The standard InChI is InChI=1S/C14H9NO3/c15-9-10-3-5-11(6-4-10)12(16)8-13(17)14-2-1-7-18-14/h1-7H,8H2. The quantitative estimate of drug-likeness (QED) is 0.607. The summed E-state index contributed by atoms with van der Waals surface area (Å²) in [5.41, 5.74) is 0.887. The van der Waals surface area contributed by atoms with Crippen molar-refractivity contribution >= 4 is 11.6 Å². The predicted molar refractivity (Wildman–Crippen MR) is 63.1 cm³/mol. The fourth-order valence-corrected chi connectivity index (χ4v) is 1.50. The highest BCUT2D eigenvalue weighted by atomic mass is 16.3. The number of furan rings is 1. The molecule has 0 radical (unpaired) electrons. The molecule has 18 heavy (non-hydrogen) atoms. The molecule has 2 aromatic rings. The molecule has 0 atom stereocenters. The monoisotopic (exact) mass is 239 g/mol. The fraction of sp³-hybridized carbons (Fsp3) is 0.0714. The topological polar surface area (TPSA) is 71.1 Å². The summed E-state index contributed by atoms with van der Waals surface area (Å²) in [6.45, 7) is 0. The molecule has 1 aromatic carbocycles. The van der Waals surface area contributed by atoms with Crippen molar-refractivity contribution in [3.63, 3.8) is 0 Å². The van der Waals surface area contributed by atoms with E-state index >= 15 is 0 Å². The van der Waals surface area contributed by atoms with E-state index in [2.05, 4.69) is 0 Å². The second kappa shape index (κ2) is 5.11. The number of hydrogen-bond acceptors (Lipinski definition) is 4. The van der Waals surface area contributed by atoms with Crippen molar-refractivity contribution in [1.82, 2.24) is 0 Å². The molecule has 1 heterocycles. The Morgan fingerprint density at radius 2 is 1.83 bits per heavy atom. The number of nitrogens with zero attached hydrogens (tertiary/aromatic N) is 1. The number of rotatable bonds is 4. The molecule has 0 aliphatic heterocycles. The van der Waals surface area contributed by atoms with E-state index in [-0.39, 0.29) is 23.7 Å². The third-order valence-electron chi connectivity index (χ3n) is 2.45. The molecule has 0 aliphatic rings. The number of carbonyl (C=O) groups excluding carboxylic acids is 2. The third kappa shape index (κ3) is 2.53. The zero-order valence-electron chi connectivity index (χ0n) is 9.42. The van der Waals surface area contributed by atoms with E-state index in [1.165, 1.54) is 24.5 Å². The maximum absolute atomic E-state index is 11.8. The minimum atomic E-state index is -0.352. The lowest BCUT2D eigenvalue weighted by molar-refractivity contribution is 0.0878. The SMILES string of the molecule is N#Cc1ccc(C(=O)CC(=O)c2ccco2)cc1. The van der Waals surface area contributed by atoms with Gasteiger partial charge in [-0.1, -0.05) is 12.1 Å². The number of Topliss-reactive ketones (excluding diaryl/α,β-unsaturated/α-hetero) is 2. The maximum Gasteiger partial charge on any atom is 0.205 e. The van der Waals surface area contributed by atoms with Crippen molar-refractivity contribution in [2.45, 2.75) is 6.42 Å². The van der Waals surface area contributed by atoms with Crippen molar-refractivity contribution in [3.05, 3.63) is 59.5 Å². The first-order chi connectivity index (χ1) is 8.70. The van der Waals surface area contributed by atoms with Crippen LogP contribution in [0.1, 0.15) is 32.9 Å². The van der Waals surface area contributed by atoms with Gasteiger partial charge in [0.2, 0.25) is 5.78 Å². The van der Waals surface area contributed by atoms with Crippen LogP contribution in [0.4, 0.5) is 0 Å². The summed E-state index contributed by atoms with van der Waals surface area (Å²) >= 11 is 0. The van der Waals surface area contributed by atoms with Gasteiger partial charge in [0, 0.05) is 5.56 Å². The summed E-state index contributed by atoms with van der Waals surface area (Å²) < 4.78 is 4.92. The van der Waals surface area contributed by atoms with Crippen LogP contribution in [-0.2, 0) is 0 Å². The molecular weight excluding hydrogens is 230 g/mol. The smallest absolute Gasteiger partial charge is 0.205 e. The average molecular weight is 239 g/mol. The van der Waals surface area contributed by atoms with Gasteiger partial charge in [-0.2, -0.15) is 5.26 Å². The molecule has 0 fully saturated rings. The third-order valence-corrected chi connectivity index (χ3v) is 2.45. The lowest BCUT2D eigenvalue weighted by Crippen LogP contribution is -2.07. The Morgan fingerprint density at radius 3 is 2.39 bits per heavy atom. The average Bonchev–Trinajstić information content (AvgIpc) is 2.92. The van der Waals surface area contributed by atoms with Gasteiger partial charge in [-0.15, -0.1) is 0 Å². The maximum atomic E-state index is 11.8. The van der Waals surface area contributed by atoms with E-state index in [0.717, 1.165) is 0 Å². The lowest BCUT2D eigenvalue weighted by atomic mass is 10.0. The van der Waals surface area contributed by atoms with Gasteiger partial charge >= 0.3 is 0 Å². The number of nitriles is 1. The van der Waals surface area contributed by atoms with E-state index in [0.29, 0.717) is 11.1 Å². The molecule has 4 nitrogen and oxygen atoms in total. The van der Waals surface area contributed by atoms with Crippen LogP contribution < -0.4 is 0 Å². The molecule has 0 spiro atoms. The fourth-order valence-electron chi connectivity index (χ4n) is 1.50. The summed E-state index contributed by atoms with van der Waals surface area (Å²) in [6, 6.07) is 11.3. The van der Waals surface area contributed by atoms with Gasteiger partial charge in [-0.05, 0) is 24.3 Å². The Kier molecular flexibility index (Phi) is 3.35. The molecule has 1 aromatic heterocycles. The first-order valence-electron chi connectivity index (χ1n) is 5.31. The van der Waals surface area contributed by atoms with Crippen LogP contribution in [0.2, 0.25) is 0 Å². The first kappa shape index (κ1) is 11.8. The molecule has 0 bridgehead atoms. The molecule has 0 saturated heterocycles. The van der Waals surface area contributed by atoms with Crippen LogP contribution in [-0.4, -0.2) is 11.6 Å². The summed E-state index contributed by atoms with van der Waals surface area (Å²) in [6.07, 6.45) is 1.15. The number of carbonyl (C=O) groups is 2. The molecule has 4 heteroatoms. The van der Waals surface area contributed by atoms with Gasteiger partial charge in [0.1, 0.15) is 0 Å². The Bertz CT molecular complexity index is 603. The summed E-state index contributed by atoms with van der Waals surface area (Å²) in [4.78, 5) is 23.5. The predicted octanol–water partition coefficient (Wildman–Crippen LogP) is 2.61. The zero-order chi connectivity index (χ0) is 13.0. The minimum absolute atomic E-state index is 0.178. The minimum Gasteiger partial charge on any atom is -0.461 e. The first-order valence-corrected chi connectivity index (χ1v) is 5.31. The molecule has 0 unspecified atom stereocenters. The van der Waals surface area contributed by atoms with E-state index in [1.807, 2.05) is 6.07 Å². The summed E-state index contributed by atoms with van der Waals surface area (Å²) in [5.74, 6) is -0.466. The number of benzene rings is 1. The summed E-state index contributed by atoms with van der Waals surface area (Å²) in [5, 5.41) is 8.64. The molecule has 0 aliphatic carbocycles. The van der Waals surface area contributed by atoms with Crippen molar-refractivity contribution in [2.24, 2.45) is 0 Å². The Morgan fingerprint density at radius 1 is 1.11 bits per heavy atom. The van der Waals surface area contributed by atoms with Gasteiger partial charge in [0.25, 0.3) is 0 Å². The van der Waals surface area contributed by atoms with E-state index in [9.17, 15) is 9.59 Å². The van der Waals surface area contributed by atoms with Gasteiger partial charge in [-0.3, -0.25) is 9.59 Å². The normalized spacial score (nSPS) is 9.72. The van der Waals surface area contributed by atoms with Gasteiger partial charge in [0.05, 0.1) is 24.3 Å². The summed E-state index contributed by atoms with van der Waals surface area (Å²) in [7, 11) is 0. The largest absolute Gasteiger partial charge is 0.461 e. The molecular formula is C14H9NO3. The molecule has 2 rings (SSSR count). The van der Waals surface area contributed by atoms with E-state index in [4.69, 9.17) is 9.68 Å². The highest BCUT2D eigenvalue weighted by Gasteiger charge is 2.15. The number of ketones is 2. The Hall–Kier alpha value is -2.67. The van der Waals surface area contributed by atoms with Crippen molar-refractivity contribution in [3.8, 4) is 6.07 Å². The van der Waals surface area contributed by atoms with E-state index < -0.39 is 0 Å². The van der Waals surface area contributed by atoms with Gasteiger partial charge < -0.3 is 4.42 Å². The van der Waals surface area contributed by atoms with Crippen LogP contribution in [0.5, 0.6) is 0 Å². The molecule has 0 amide bonds. The van der Waals surface area contributed by atoms with Crippen LogP contribution in [0.25, 0.3) is 0 Å². The lowest BCUT2D eigenvalue weighted by Gasteiger charge is -1.99. The molecule has 88 valence electrons. The second-order valence-electron chi connectivity index (χ2n) is 3.69. The van der Waals surface area contributed by atoms with Crippen molar-refractivity contribution in [1.29, 1.82) is 5.26 Å². The Labute approximate surface area is 103 Å². The van der Waals surface area contributed by atoms with Crippen LogP contribution in [0.15, 0.2) is 47.1 Å². The van der Waals surface area contributed by atoms with Gasteiger partial charge in [0.15, 0.2) is 11.5 Å². The van der Waals surface area contributed by atoms with E-state index in [1.54, 1.807) is 18.2 Å². The van der Waals surface area contributed by atoms with Crippen LogP contribution in [0, 0.1) is 11.3 Å².